The van der Waals surface area contributed by atoms with Crippen molar-refractivity contribution in [2.75, 3.05) is 20.8 Å². The van der Waals surface area contributed by atoms with Crippen LogP contribution in [-0.4, -0.2) is 32.4 Å². The van der Waals surface area contributed by atoms with Crippen LogP contribution in [0.3, 0.4) is 0 Å². The fraction of sp³-hybridized carbons (Fsp3) is 0.600. The molecule has 18 heavy (non-hydrogen) atoms. The van der Waals surface area contributed by atoms with Crippen LogP contribution >= 0.6 is 0 Å². The second-order valence-electron chi connectivity index (χ2n) is 5.42. The molecule has 3 heteroatoms. The first-order valence-electron chi connectivity index (χ1n) is 6.39. The summed E-state index contributed by atoms with van der Waals surface area (Å²) in [7, 11) is 3.67. The minimum Gasteiger partial charge on any atom is -0.496 e. The Hall–Kier alpha value is -1.06. The van der Waals surface area contributed by atoms with Gasteiger partial charge in [-0.1, -0.05) is 18.2 Å². The summed E-state index contributed by atoms with van der Waals surface area (Å²) in [6.45, 7) is 6.91. The number of hydrogen-bond acceptors (Lipinski definition) is 3. The molecule has 0 saturated heterocycles. The van der Waals surface area contributed by atoms with Gasteiger partial charge in [0, 0.05) is 6.04 Å². The quantitative estimate of drug-likeness (QED) is 0.843. The molecule has 0 heterocycles. The lowest BCUT2D eigenvalue weighted by Crippen LogP contribution is -2.36. The average Bonchev–Trinajstić information content (AvgIpc) is 2.33. The molecular formula is C15H25NO2. The molecule has 0 amide bonds. The molecule has 0 fully saturated rings. The van der Waals surface area contributed by atoms with E-state index in [-0.39, 0.29) is 5.60 Å². The predicted octanol–water partition coefficient (Wildman–Crippen LogP) is 2.64. The molecule has 1 rings (SSSR count). The zero-order valence-corrected chi connectivity index (χ0v) is 12.1. The molecule has 0 saturated carbocycles. The summed E-state index contributed by atoms with van der Waals surface area (Å²) < 4.78 is 11.2. The molecule has 3 nitrogen and oxygen atoms in total. The van der Waals surface area contributed by atoms with Gasteiger partial charge in [0.25, 0.3) is 0 Å². The van der Waals surface area contributed by atoms with E-state index >= 15 is 0 Å². The van der Waals surface area contributed by atoms with E-state index in [2.05, 4.69) is 32.2 Å². The molecule has 1 aromatic carbocycles. The highest BCUT2D eigenvalue weighted by Gasteiger charge is 2.15. The van der Waals surface area contributed by atoms with Crippen molar-refractivity contribution in [2.45, 2.75) is 38.8 Å². The van der Waals surface area contributed by atoms with Gasteiger partial charge >= 0.3 is 0 Å². The Morgan fingerprint density at radius 3 is 2.44 bits per heavy atom. The minimum atomic E-state index is -0.101. The van der Waals surface area contributed by atoms with Gasteiger partial charge in [0.05, 0.1) is 19.3 Å². The second-order valence-corrected chi connectivity index (χ2v) is 5.42. The monoisotopic (exact) mass is 251 g/mol. The highest BCUT2D eigenvalue weighted by atomic mass is 16.5. The van der Waals surface area contributed by atoms with Crippen molar-refractivity contribution >= 4 is 0 Å². The van der Waals surface area contributed by atoms with E-state index in [0.29, 0.717) is 12.6 Å². The van der Waals surface area contributed by atoms with Crippen molar-refractivity contribution < 1.29 is 9.47 Å². The summed E-state index contributed by atoms with van der Waals surface area (Å²) in [6, 6.07) is 8.41. The Kier molecular flexibility index (Phi) is 5.63. The summed E-state index contributed by atoms with van der Waals surface area (Å²) in [5.41, 5.74) is 1.10. The number of nitrogens with one attached hydrogen (secondary N) is 1. The van der Waals surface area contributed by atoms with Gasteiger partial charge < -0.3 is 14.8 Å². The predicted molar refractivity (Wildman–Crippen MR) is 75.3 cm³/mol. The Morgan fingerprint density at radius 2 is 1.89 bits per heavy atom. The highest BCUT2D eigenvalue weighted by Crippen LogP contribution is 2.19. The maximum atomic E-state index is 5.82. The van der Waals surface area contributed by atoms with Crippen molar-refractivity contribution in [1.82, 2.24) is 5.32 Å². The van der Waals surface area contributed by atoms with Crippen LogP contribution in [0.25, 0.3) is 0 Å². The Morgan fingerprint density at radius 1 is 1.22 bits per heavy atom. The van der Waals surface area contributed by atoms with Crippen molar-refractivity contribution in [3.05, 3.63) is 29.8 Å². The Labute approximate surface area is 110 Å². The molecule has 0 bridgehead atoms. The summed E-state index contributed by atoms with van der Waals surface area (Å²) >= 11 is 0. The van der Waals surface area contributed by atoms with Gasteiger partial charge in [-0.05, 0) is 45.9 Å². The Bertz CT molecular complexity index is 358. The third-order valence-electron chi connectivity index (χ3n) is 2.78. The molecule has 0 radical (unpaired) electrons. The lowest BCUT2D eigenvalue weighted by molar-refractivity contribution is -0.0135. The zero-order chi connectivity index (χ0) is 13.6. The van der Waals surface area contributed by atoms with E-state index in [1.807, 2.05) is 25.2 Å². The Balaban J connectivity index is 2.62. The van der Waals surface area contributed by atoms with Crippen LogP contribution in [0.15, 0.2) is 24.3 Å². The first kappa shape index (κ1) is 15.0. The van der Waals surface area contributed by atoms with E-state index in [0.717, 1.165) is 12.2 Å². The van der Waals surface area contributed by atoms with E-state index in [1.165, 1.54) is 5.56 Å². The maximum Gasteiger partial charge on any atom is 0.122 e. The molecule has 0 aromatic heterocycles. The van der Waals surface area contributed by atoms with Gasteiger partial charge in [-0.3, -0.25) is 0 Å². The van der Waals surface area contributed by atoms with Crippen molar-refractivity contribution in [3.63, 3.8) is 0 Å². The smallest absolute Gasteiger partial charge is 0.122 e. The normalized spacial score (nSPS) is 13.4. The lowest BCUT2D eigenvalue weighted by atomic mass is 10.1. The standard InChI is InChI=1S/C15H25NO2/c1-15(2,3)18-11-13(16-4)10-12-8-6-7-9-14(12)17-5/h6-9,13,16H,10-11H2,1-5H3. The van der Waals surface area contributed by atoms with E-state index in [4.69, 9.17) is 9.47 Å². The highest BCUT2D eigenvalue weighted by molar-refractivity contribution is 5.33. The number of ether oxygens (including phenoxy) is 2. The number of para-hydroxylation sites is 1. The number of likely N-dealkylation sites (N-methyl/N-ethyl adjacent to an activating group) is 1. The molecule has 0 aliphatic rings. The van der Waals surface area contributed by atoms with Crippen molar-refractivity contribution in [1.29, 1.82) is 0 Å². The van der Waals surface area contributed by atoms with Gasteiger partial charge in [0.2, 0.25) is 0 Å². The topological polar surface area (TPSA) is 30.5 Å². The number of methoxy groups -OCH3 is 1. The molecule has 1 aromatic rings. The molecule has 0 aliphatic carbocycles. The summed E-state index contributed by atoms with van der Waals surface area (Å²) in [5.74, 6) is 0.938. The van der Waals surface area contributed by atoms with E-state index in [1.54, 1.807) is 7.11 Å². The van der Waals surface area contributed by atoms with Crippen LogP contribution < -0.4 is 10.1 Å². The van der Waals surface area contributed by atoms with Crippen LogP contribution in [0, 0.1) is 0 Å². The van der Waals surface area contributed by atoms with E-state index in [9.17, 15) is 0 Å². The molecule has 0 spiro atoms. The fourth-order valence-corrected chi connectivity index (χ4v) is 1.73. The maximum absolute atomic E-state index is 5.82. The fourth-order valence-electron chi connectivity index (χ4n) is 1.73. The average molecular weight is 251 g/mol. The van der Waals surface area contributed by atoms with Gasteiger partial charge in [-0.25, -0.2) is 0 Å². The number of hydrogen-bond donors (Lipinski definition) is 1. The second kappa shape index (κ2) is 6.76. The minimum absolute atomic E-state index is 0.101. The molecule has 0 aliphatic heterocycles. The number of benzene rings is 1. The molecular weight excluding hydrogens is 226 g/mol. The van der Waals surface area contributed by atoms with Gasteiger partial charge in [-0.2, -0.15) is 0 Å². The van der Waals surface area contributed by atoms with Crippen LogP contribution in [0.1, 0.15) is 26.3 Å². The lowest BCUT2D eigenvalue weighted by Gasteiger charge is -2.24. The molecule has 1 unspecified atom stereocenters. The summed E-state index contributed by atoms with van der Waals surface area (Å²) in [5, 5.41) is 3.29. The first-order chi connectivity index (χ1) is 8.46. The van der Waals surface area contributed by atoms with Gasteiger partial charge in [0.1, 0.15) is 5.75 Å². The van der Waals surface area contributed by atoms with Gasteiger partial charge in [-0.15, -0.1) is 0 Å². The van der Waals surface area contributed by atoms with Gasteiger partial charge in [0.15, 0.2) is 0 Å². The number of rotatable bonds is 6. The summed E-state index contributed by atoms with van der Waals surface area (Å²) in [6.07, 6.45) is 0.899. The largest absolute Gasteiger partial charge is 0.496 e. The molecule has 1 atom stereocenters. The molecule has 102 valence electrons. The van der Waals surface area contributed by atoms with Crippen LogP contribution in [0.5, 0.6) is 5.75 Å². The van der Waals surface area contributed by atoms with Crippen molar-refractivity contribution in [2.24, 2.45) is 0 Å². The third kappa shape index (κ3) is 5.07. The SMILES string of the molecule is CNC(COC(C)(C)C)Cc1ccccc1OC. The van der Waals surface area contributed by atoms with Crippen molar-refractivity contribution in [3.8, 4) is 5.75 Å². The first-order valence-corrected chi connectivity index (χ1v) is 6.39. The van der Waals surface area contributed by atoms with E-state index < -0.39 is 0 Å². The van der Waals surface area contributed by atoms with Crippen LogP contribution in [-0.2, 0) is 11.2 Å². The van der Waals surface area contributed by atoms with Crippen LogP contribution in [0.4, 0.5) is 0 Å². The summed E-state index contributed by atoms with van der Waals surface area (Å²) in [4.78, 5) is 0. The third-order valence-corrected chi connectivity index (χ3v) is 2.78. The van der Waals surface area contributed by atoms with Crippen LogP contribution in [0.2, 0.25) is 0 Å². The zero-order valence-electron chi connectivity index (χ0n) is 12.1. The molecule has 1 N–H and O–H groups in total.